The quantitative estimate of drug-likeness (QED) is 0.475. The average Bonchev–Trinajstić information content (AvgIpc) is 3.15. The highest BCUT2D eigenvalue weighted by molar-refractivity contribution is 6.15. The minimum Gasteiger partial charge on any atom is -0.220 e. The molecule has 1 N–H and O–H groups in total. The molecule has 3 heteroatoms. The van der Waals surface area contributed by atoms with E-state index in [-0.39, 0.29) is 5.41 Å². The van der Waals surface area contributed by atoms with E-state index >= 15 is 0 Å². The lowest BCUT2D eigenvalue weighted by molar-refractivity contribution is 0.514. The lowest BCUT2D eigenvalue weighted by Gasteiger charge is -2.22. The largest absolute Gasteiger partial charge is 0.220 e. The number of para-hydroxylation sites is 1. The maximum absolute atomic E-state index is 4.65. The van der Waals surface area contributed by atoms with Crippen LogP contribution in [-0.2, 0) is 0 Å². The maximum Gasteiger partial charge on any atom is 0.187 e. The topological polar surface area (TPSA) is 27.6 Å². The van der Waals surface area contributed by atoms with Gasteiger partial charge in [0.05, 0.1) is 17.2 Å². The van der Waals surface area contributed by atoms with Crippen LogP contribution in [0.4, 0.5) is 5.69 Å². The van der Waals surface area contributed by atoms with Gasteiger partial charge < -0.3 is 0 Å². The summed E-state index contributed by atoms with van der Waals surface area (Å²) in [5.41, 5.74) is 14.6. The van der Waals surface area contributed by atoms with Gasteiger partial charge in [0.2, 0.25) is 0 Å². The molecule has 2 aromatic rings. The van der Waals surface area contributed by atoms with E-state index in [1.54, 1.807) is 0 Å². The van der Waals surface area contributed by atoms with E-state index < -0.39 is 0 Å². The summed E-state index contributed by atoms with van der Waals surface area (Å²) in [6.07, 6.45) is 4.56. The van der Waals surface area contributed by atoms with E-state index in [0.717, 1.165) is 28.2 Å². The van der Waals surface area contributed by atoms with Gasteiger partial charge in [-0.1, -0.05) is 48.5 Å². The van der Waals surface area contributed by atoms with E-state index in [4.69, 9.17) is 0 Å². The third-order valence-corrected chi connectivity index (χ3v) is 5.41. The Morgan fingerprint density at radius 1 is 0.967 bits per heavy atom. The number of nitrogens with one attached hydrogen (secondary N) is 1. The van der Waals surface area contributed by atoms with Gasteiger partial charge in [0.15, 0.2) is 11.3 Å². The molecule has 0 amide bonds. The van der Waals surface area contributed by atoms with Crippen molar-refractivity contribution in [3.8, 4) is 0 Å². The van der Waals surface area contributed by atoms with Crippen molar-refractivity contribution in [2.45, 2.75) is 34.6 Å². The van der Waals surface area contributed by atoms with Crippen LogP contribution in [0.2, 0.25) is 0 Å². The minimum atomic E-state index is 0.114. The Hall–Kier alpha value is -3.42. The fourth-order valence-electron chi connectivity index (χ4n) is 3.70. The molecule has 1 aliphatic carbocycles. The van der Waals surface area contributed by atoms with Crippen molar-refractivity contribution in [1.29, 1.82) is 0 Å². The molecule has 1 heterocycles. The van der Waals surface area contributed by atoms with Gasteiger partial charge in [0.25, 0.3) is 0 Å². The first-order valence-corrected chi connectivity index (χ1v) is 10.3. The fourth-order valence-corrected chi connectivity index (χ4v) is 3.70. The summed E-state index contributed by atoms with van der Waals surface area (Å²) >= 11 is 0. The second-order valence-electron chi connectivity index (χ2n) is 8.81. The molecular weight excluding hydrogens is 366 g/mol. The molecule has 30 heavy (non-hydrogen) atoms. The summed E-state index contributed by atoms with van der Waals surface area (Å²) in [6, 6.07) is 20.5. The summed E-state index contributed by atoms with van der Waals surface area (Å²) in [5, 5.41) is 6.65. The predicted molar refractivity (Wildman–Crippen MR) is 126 cm³/mol. The van der Waals surface area contributed by atoms with Crippen molar-refractivity contribution in [3.05, 3.63) is 112 Å². The summed E-state index contributed by atoms with van der Waals surface area (Å²) in [4.78, 5) is 0. The lowest BCUT2D eigenvalue weighted by atomic mass is 9.77. The highest BCUT2D eigenvalue weighted by atomic mass is 15.7. The van der Waals surface area contributed by atoms with E-state index in [1.165, 1.54) is 17.1 Å². The molecule has 1 aliphatic heterocycles. The van der Waals surface area contributed by atoms with Crippen LogP contribution in [0, 0.1) is 11.3 Å². The first kappa shape index (κ1) is 19.9. The van der Waals surface area contributed by atoms with Crippen molar-refractivity contribution >= 4 is 11.4 Å². The Bertz CT molecular complexity index is 1090. The van der Waals surface area contributed by atoms with E-state index in [2.05, 4.69) is 87.4 Å². The van der Waals surface area contributed by atoms with Gasteiger partial charge in [-0.05, 0) is 46.8 Å². The van der Waals surface area contributed by atoms with Crippen molar-refractivity contribution < 1.29 is 0 Å². The molecule has 0 aromatic heterocycles. The predicted octanol–water partition coefficient (Wildman–Crippen LogP) is 6.35. The van der Waals surface area contributed by atoms with Gasteiger partial charge in [-0.25, -0.2) is 10.5 Å². The van der Waals surface area contributed by atoms with Crippen LogP contribution in [0.3, 0.4) is 0 Å². The van der Waals surface area contributed by atoms with Crippen LogP contribution < -0.4 is 10.5 Å². The number of allylic oxidation sites excluding steroid dienone is 5. The number of hydrogen-bond acceptors (Lipinski definition) is 3. The molecule has 150 valence electrons. The number of rotatable bonds is 2. The first-order valence-electron chi connectivity index (χ1n) is 10.3. The van der Waals surface area contributed by atoms with E-state index in [0.29, 0.717) is 0 Å². The van der Waals surface area contributed by atoms with Gasteiger partial charge >= 0.3 is 0 Å². The number of benzene rings is 2. The highest BCUT2D eigenvalue weighted by Crippen LogP contribution is 2.37. The molecule has 0 unspecified atom stereocenters. The van der Waals surface area contributed by atoms with Crippen LogP contribution >= 0.6 is 0 Å². The van der Waals surface area contributed by atoms with Gasteiger partial charge in [0, 0.05) is 34.4 Å². The Morgan fingerprint density at radius 2 is 1.60 bits per heavy atom. The van der Waals surface area contributed by atoms with Crippen LogP contribution in [0.1, 0.15) is 40.2 Å². The smallest absolute Gasteiger partial charge is 0.187 e. The summed E-state index contributed by atoms with van der Waals surface area (Å²) in [7, 11) is 0. The Balaban J connectivity index is 1.86. The molecule has 0 atom stereocenters. The zero-order valence-corrected chi connectivity index (χ0v) is 18.3. The molecule has 0 fully saturated rings. The molecule has 3 nitrogen and oxygen atoms in total. The third-order valence-electron chi connectivity index (χ3n) is 5.41. The SMILES string of the molecule is CC1=CC(C(C)(C)C)=C[C+](C)C1=C=C1C(c2ccccc2)=NNN1c1ccccc1. The Labute approximate surface area is 179 Å². The van der Waals surface area contributed by atoms with Gasteiger partial charge in [0.1, 0.15) is 5.71 Å². The van der Waals surface area contributed by atoms with Crippen LogP contribution in [0.5, 0.6) is 0 Å². The molecule has 0 spiro atoms. The molecule has 0 bridgehead atoms. The van der Waals surface area contributed by atoms with Crippen molar-refractivity contribution in [3.63, 3.8) is 0 Å². The van der Waals surface area contributed by atoms with Gasteiger partial charge in [-0.3, -0.25) is 0 Å². The van der Waals surface area contributed by atoms with E-state index in [9.17, 15) is 0 Å². The van der Waals surface area contributed by atoms with Crippen molar-refractivity contribution in [2.75, 3.05) is 5.01 Å². The van der Waals surface area contributed by atoms with Crippen LogP contribution in [0.15, 0.2) is 106 Å². The molecule has 2 aromatic carbocycles. The monoisotopic (exact) mass is 394 g/mol. The zero-order chi connectivity index (χ0) is 21.3. The summed E-state index contributed by atoms with van der Waals surface area (Å²) in [5.74, 6) is 1.22. The Morgan fingerprint density at radius 3 is 2.20 bits per heavy atom. The van der Waals surface area contributed by atoms with Crippen molar-refractivity contribution in [2.24, 2.45) is 10.5 Å². The number of anilines is 1. The second kappa shape index (κ2) is 7.78. The van der Waals surface area contributed by atoms with Crippen molar-refractivity contribution in [1.82, 2.24) is 5.53 Å². The normalized spacial score (nSPS) is 16.6. The van der Waals surface area contributed by atoms with E-state index in [1.807, 2.05) is 41.4 Å². The fraction of sp³-hybridized carbons (Fsp3) is 0.222. The van der Waals surface area contributed by atoms with Crippen LogP contribution in [0.25, 0.3) is 0 Å². The molecule has 2 aliphatic rings. The number of hydrazone groups is 1. The molecule has 0 saturated heterocycles. The number of hydrazine groups is 1. The zero-order valence-electron chi connectivity index (χ0n) is 18.3. The van der Waals surface area contributed by atoms with Gasteiger partial charge in [-0.2, -0.15) is 5.10 Å². The molecule has 0 saturated carbocycles. The Kier molecular flexibility index (Phi) is 5.15. The maximum atomic E-state index is 4.65. The van der Waals surface area contributed by atoms with Gasteiger partial charge in [-0.15, -0.1) is 0 Å². The average molecular weight is 395 g/mol. The minimum absolute atomic E-state index is 0.114. The first-order chi connectivity index (χ1) is 14.3. The second-order valence-corrected chi connectivity index (χ2v) is 8.81. The lowest BCUT2D eigenvalue weighted by Crippen LogP contribution is -2.29. The third kappa shape index (κ3) is 3.85. The standard InChI is InChI=1S/C27H28N3/c1-19-16-22(27(3,4)5)17-20(2)24(19)18-25-26(21-12-8-6-9-13-21)28-29-30(25)23-14-10-7-11-15-23/h6-17,29H,1-5H3/q+1. The number of nitrogens with zero attached hydrogens (tertiary/aromatic N) is 2. The highest BCUT2D eigenvalue weighted by Gasteiger charge is 2.32. The van der Waals surface area contributed by atoms with Crippen LogP contribution in [-0.4, -0.2) is 5.71 Å². The molecule has 0 radical (unpaired) electrons. The molecule has 4 rings (SSSR count). The summed E-state index contributed by atoms with van der Waals surface area (Å²) < 4.78 is 0. The number of hydrogen-bond donors (Lipinski definition) is 1. The molecular formula is C27H28N3+. The summed E-state index contributed by atoms with van der Waals surface area (Å²) in [6.45, 7) is 11.1.